The molecule has 6 heteroatoms. The van der Waals surface area contributed by atoms with Gasteiger partial charge in [0.25, 0.3) is 0 Å². The van der Waals surface area contributed by atoms with Crippen LogP contribution in [0.3, 0.4) is 0 Å². The summed E-state index contributed by atoms with van der Waals surface area (Å²) in [6.07, 6.45) is 5.73. The van der Waals surface area contributed by atoms with Crippen molar-refractivity contribution in [3.63, 3.8) is 0 Å². The minimum Gasteiger partial charge on any atom is -0.320 e. The van der Waals surface area contributed by atoms with Gasteiger partial charge in [-0.15, -0.1) is 5.10 Å². The molecule has 6 nitrogen and oxygen atoms in total. The zero-order valence-corrected chi connectivity index (χ0v) is 10.5. The molecule has 0 aliphatic carbocycles. The van der Waals surface area contributed by atoms with Gasteiger partial charge in [0.05, 0.1) is 24.5 Å². The number of nitrogens with two attached hydrogens (primary N) is 1. The Kier molecular flexibility index (Phi) is 2.97. The van der Waals surface area contributed by atoms with Gasteiger partial charge in [-0.2, -0.15) is 5.10 Å². The van der Waals surface area contributed by atoms with Crippen LogP contribution in [0.4, 0.5) is 0 Å². The Morgan fingerprint density at radius 1 is 1.29 bits per heavy atom. The molecule has 2 N–H and O–H groups in total. The van der Waals surface area contributed by atoms with Crippen molar-refractivity contribution in [2.24, 2.45) is 5.73 Å². The molecule has 0 bridgehead atoms. The molecule has 0 spiro atoms. The molecular weight excluding hydrogens is 216 g/mol. The van der Waals surface area contributed by atoms with Crippen LogP contribution < -0.4 is 5.73 Å². The Morgan fingerprint density at radius 2 is 2.06 bits per heavy atom. The van der Waals surface area contributed by atoms with Crippen molar-refractivity contribution in [3.05, 3.63) is 29.8 Å². The van der Waals surface area contributed by atoms with Gasteiger partial charge in [0.1, 0.15) is 5.69 Å². The van der Waals surface area contributed by atoms with E-state index >= 15 is 0 Å². The molecule has 2 rings (SSSR count). The Morgan fingerprint density at radius 3 is 2.59 bits per heavy atom. The van der Waals surface area contributed by atoms with Crippen molar-refractivity contribution in [3.8, 4) is 0 Å². The number of rotatable bonds is 4. The quantitative estimate of drug-likeness (QED) is 0.846. The molecule has 0 saturated heterocycles. The van der Waals surface area contributed by atoms with Gasteiger partial charge in [-0.25, -0.2) is 4.68 Å². The van der Waals surface area contributed by atoms with Crippen LogP contribution in [0.25, 0.3) is 0 Å². The molecule has 0 fully saturated rings. The highest BCUT2D eigenvalue weighted by molar-refractivity contribution is 5.08. The zero-order chi connectivity index (χ0) is 12.5. The molecule has 0 aliphatic rings. The van der Waals surface area contributed by atoms with Gasteiger partial charge < -0.3 is 5.73 Å². The van der Waals surface area contributed by atoms with Crippen LogP contribution in [0.1, 0.15) is 32.0 Å². The first-order valence-electron chi connectivity index (χ1n) is 5.70. The highest BCUT2D eigenvalue weighted by Gasteiger charge is 2.18. The van der Waals surface area contributed by atoms with Gasteiger partial charge in [-0.1, -0.05) is 5.21 Å². The maximum atomic E-state index is 5.96. The summed E-state index contributed by atoms with van der Waals surface area (Å²) < 4.78 is 3.67. The number of hydrogen-bond donors (Lipinski definition) is 1. The first kappa shape index (κ1) is 11.8. The summed E-state index contributed by atoms with van der Waals surface area (Å²) in [6.45, 7) is 7.43. The van der Waals surface area contributed by atoms with Gasteiger partial charge in [0.2, 0.25) is 0 Å². The largest absolute Gasteiger partial charge is 0.320 e. The number of nitrogens with zero attached hydrogens (tertiary/aromatic N) is 5. The average molecular weight is 234 g/mol. The summed E-state index contributed by atoms with van der Waals surface area (Å²) >= 11 is 0. The monoisotopic (exact) mass is 234 g/mol. The lowest BCUT2D eigenvalue weighted by molar-refractivity contribution is 0.533. The second kappa shape index (κ2) is 4.29. The van der Waals surface area contributed by atoms with E-state index < -0.39 is 5.54 Å². The topological polar surface area (TPSA) is 74.5 Å². The standard InChI is InChI=1S/C11H18N6/c1-4-16-6-9(5-13-16)7-17-8-10(14-15-17)11(2,3)12/h5-6,8H,4,7,12H2,1-3H3. The van der Waals surface area contributed by atoms with Crippen LogP contribution >= 0.6 is 0 Å². The van der Waals surface area contributed by atoms with Crippen molar-refractivity contribution < 1.29 is 0 Å². The fraction of sp³-hybridized carbons (Fsp3) is 0.545. The molecule has 0 aliphatic heterocycles. The first-order valence-corrected chi connectivity index (χ1v) is 5.70. The van der Waals surface area contributed by atoms with E-state index in [-0.39, 0.29) is 0 Å². The third-order valence-electron chi connectivity index (χ3n) is 2.55. The number of aromatic nitrogens is 5. The van der Waals surface area contributed by atoms with Crippen LogP contribution in [0.15, 0.2) is 18.6 Å². The van der Waals surface area contributed by atoms with Crippen molar-refractivity contribution in [2.45, 2.75) is 39.4 Å². The lowest BCUT2D eigenvalue weighted by atomic mass is 10.0. The van der Waals surface area contributed by atoms with Crippen LogP contribution in [0.2, 0.25) is 0 Å². The predicted molar refractivity (Wildman–Crippen MR) is 64.2 cm³/mol. The highest BCUT2D eigenvalue weighted by atomic mass is 15.4. The molecule has 0 atom stereocenters. The molecule has 0 unspecified atom stereocenters. The van der Waals surface area contributed by atoms with E-state index in [2.05, 4.69) is 22.3 Å². The number of aryl methyl sites for hydroxylation is 1. The second-order valence-corrected chi connectivity index (χ2v) is 4.73. The molecular formula is C11H18N6. The van der Waals surface area contributed by atoms with Crippen LogP contribution in [-0.2, 0) is 18.6 Å². The summed E-state index contributed by atoms with van der Waals surface area (Å²) in [6, 6.07) is 0. The van der Waals surface area contributed by atoms with E-state index in [1.54, 1.807) is 4.68 Å². The third-order valence-corrected chi connectivity index (χ3v) is 2.55. The molecule has 0 aromatic carbocycles. The zero-order valence-electron chi connectivity index (χ0n) is 10.5. The molecule has 2 aromatic rings. The predicted octanol–water partition coefficient (Wildman–Crippen LogP) is 0.737. The fourth-order valence-electron chi connectivity index (χ4n) is 1.52. The van der Waals surface area contributed by atoms with E-state index in [1.807, 2.05) is 37.1 Å². The number of hydrogen-bond acceptors (Lipinski definition) is 4. The van der Waals surface area contributed by atoms with E-state index in [0.717, 1.165) is 17.8 Å². The van der Waals surface area contributed by atoms with Crippen molar-refractivity contribution in [1.82, 2.24) is 24.8 Å². The second-order valence-electron chi connectivity index (χ2n) is 4.73. The van der Waals surface area contributed by atoms with Gasteiger partial charge in [0.15, 0.2) is 0 Å². The summed E-state index contributed by atoms with van der Waals surface area (Å²) in [5, 5.41) is 12.4. The van der Waals surface area contributed by atoms with Crippen molar-refractivity contribution in [2.75, 3.05) is 0 Å². The summed E-state index contributed by atoms with van der Waals surface area (Å²) in [4.78, 5) is 0. The Bertz CT molecular complexity index is 490. The Labute approximate surface area is 100 Å². The maximum absolute atomic E-state index is 5.96. The van der Waals surface area contributed by atoms with Gasteiger partial charge in [-0.3, -0.25) is 4.68 Å². The lowest BCUT2D eigenvalue weighted by Gasteiger charge is -2.13. The minimum atomic E-state index is -0.453. The molecule has 0 saturated carbocycles. The van der Waals surface area contributed by atoms with Crippen LogP contribution in [0, 0.1) is 0 Å². The molecule has 92 valence electrons. The lowest BCUT2D eigenvalue weighted by Crippen LogP contribution is -2.29. The van der Waals surface area contributed by atoms with Crippen molar-refractivity contribution >= 4 is 0 Å². The van der Waals surface area contributed by atoms with E-state index in [1.165, 1.54) is 0 Å². The SMILES string of the molecule is CCn1cc(Cn2cc(C(C)(C)N)nn2)cn1. The molecule has 2 heterocycles. The molecule has 0 amide bonds. The minimum absolute atomic E-state index is 0.453. The van der Waals surface area contributed by atoms with E-state index in [0.29, 0.717) is 6.54 Å². The molecule has 17 heavy (non-hydrogen) atoms. The highest BCUT2D eigenvalue weighted by Crippen LogP contribution is 2.13. The van der Waals surface area contributed by atoms with E-state index in [9.17, 15) is 0 Å². The molecule has 0 radical (unpaired) electrons. The summed E-state index contributed by atoms with van der Waals surface area (Å²) in [5.74, 6) is 0. The summed E-state index contributed by atoms with van der Waals surface area (Å²) in [7, 11) is 0. The normalized spacial score (nSPS) is 12.0. The van der Waals surface area contributed by atoms with Crippen molar-refractivity contribution in [1.29, 1.82) is 0 Å². The van der Waals surface area contributed by atoms with Crippen LogP contribution in [0.5, 0.6) is 0 Å². The first-order chi connectivity index (χ1) is 7.99. The van der Waals surface area contributed by atoms with Crippen LogP contribution in [-0.4, -0.2) is 24.8 Å². The van der Waals surface area contributed by atoms with Gasteiger partial charge >= 0.3 is 0 Å². The Hall–Kier alpha value is -1.69. The molecule has 2 aromatic heterocycles. The summed E-state index contributed by atoms with van der Waals surface area (Å²) in [5.41, 5.74) is 7.41. The maximum Gasteiger partial charge on any atom is 0.102 e. The third kappa shape index (κ3) is 2.71. The van der Waals surface area contributed by atoms with Gasteiger partial charge in [0, 0.05) is 18.3 Å². The Balaban J connectivity index is 2.11. The van der Waals surface area contributed by atoms with E-state index in [4.69, 9.17) is 5.73 Å². The van der Waals surface area contributed by atoms with Gasteiger partial charge in [-0.05, 0) is 20.8 Å². The average Bonchev–Trinajstić information content (AvgIpc) is 2.86. The smallest absolute Gasteiger partial charge is 0.102 e. The fourth-order valence-corrected chi connectivity index (χ4v) is 1.52.